The van der Waals surface area contributed by atoms with Gasteiger partial charge in [0.1, 0.15) is 11.4 Å². The second-order valence-corrected chi connectivity index (χ2v) is 5.60. The van der Waals surface area contributed by atoms with Crippen molar-refractivity contribution in [2.24, 2.45) is 0 Å². The Labute approximate surface area is 141 Å². The molecule has 5 heteroatoms. The van der Waals surface area contributed by atoms with Crippen molar-refractivity contribution in [1.29, 1.82) is 0 Å². The molecule has 0 amide bonds. The van der Waals surface area contributed by atoms with Gasteiger partial charge < -0.3 is 14.8 Å². The number of fused-ring (bicyclic) bond motifs is 1. The van der Waals surface area contributed by atoms with E-state index in [2.05, 4.69) is 27.6 Å². The number of aromatic nitrogens is 2. The third kappa shape index (κ3) is 3.31. The van der Waals surface area contributed by atoms with Crippen LogP contribution in [0.3, 0.4) is 0 Å². The van der Waals surface area contributed by atoms with Crippen molar-refractivity contribution in [1.82, 2.24) is 10.2 Å². The minimum Gasteiger partial charge on any atom is -0.497 e. The summed E-state index contributed by atoms with van der Waals surface area (Å²) in [4.78, 5) is 0. The number of nitrogens with zero attached hydrogens (tertiary/aromatic N) is 2. The number of ether oxygens (including phenoxy) is 2. The zero-order valence-corrected chi connectivity index (χ0v) is 14.1. The Hall–Kier alpha value is -2.66. The zero-order valence-electron chi connectivity index (χ0n) is 14.1. The van der Waals surface area contributed by atoms with Gasteiger partial charge in [-0.15, -0.1) is 10.2 Å². The van der Waals surface area contributed by atoms with Crippen LogP contribution < -0.4 is 10.1 Å². The molecule has 0 radical (unpaired) electrons. The van der Waals surface area contributed by atoms with Gasteiger partial charge >= 0.3 is 0 Å². The lowest BCUT2D eigenvalue weighted by Crippen LogP contribution is -2.19. The largest absolute Gasteiger partial charge is 0.497 e. The average molecular weight is 323 g/mol. The van der Waals surface area contributed by atoms with Crippen LogP contribution in [0.15, 0.2) is 48.5 Å². The van der Waals surface area contributed by atoms with Gasteiger partial charge in [0.2, 0.25) is 0 Å². The highest BCUT2D eigenvalue weighted by Gasteiger charge is 2.11. The third-order valence-corrected chi connectivity index (χ3v) is 4.01. The second-order valence-electron chi connectivity index (χ2n) is 5.60. The van der Waals surface area contributed by atoms with E-state index >= 15 is 0 Å². The molecule has 0 aliphatic rings. The van der Waals surface area contributed by atoms with E-state index in [0.717, 1.165) is 33.6 Å². The first kappa shape index (κ1) is 16.2. The molecule has 1 aromatic heterocycles. The Bertz CT molecular complexity index is 818. The Morgan fingerprint density at radius 2 is 1.67 bits per heavy atom. The Kier molecular flexibility index (Phi) is 4.91. The van der Waals surface area contributed by atoms with E-state index in [9.17, 15) is 0 Å². The molecule has 0 saturated carbocycles. The van der Waals surface area contributed by atoms with Crippen LogP contribution in [0.4, 0.5) is 5.82 Å². The number of anilines is 1. The fourth-order valence-electron chi connectivity index (χ4n) is 2.52. The molecule has 2 aromatic carbocycles. The predicted molar refractivity (Wildman–Crippen MR) is 96.5 cm³/mol. The highest BCUT2D eigenvalue weighted by Crippen LogP contribution is 2.30. The van der Waals surface area contributed by atoms with Gasteiger partial charge in [0, 0.05) is 30.0 Å². The summed E-state index contributed by atoms with van der Waals surface area (Å²) in [7, 11) is 3.36. The minimum atomic E-state index is 0.104. The maximum absolute atomic E-state index is 5.28. The molecule has 0 bridgehead atoms. The maximum Gasteiger partial charge on any atom is 0.156 e. The molecule has 1 heterocycles. The Morgan fingerprint density at radius 3 is 2.33 bits per heavy atom. The monoisotopic (exact) mass is 323 g/mol. The van der Waals surface area contributed by atoms with Crippen LogP contribution in [-0.4, -0.2) is 37.1 Å². The summed E-state index contributed by atoms with van der Waals surface area (Å²) < 4.78 is 10.5. The van der Waals surface area contributed by atoms with Gasteiger partial charge in [-0.05, 0) is 31.2 Å². The van der Waals surface area contributed by atoms with E-state index in [1.165, 1.54) is 0 Å². The van der Waals surface area contributed by atoms with E-state index < -0.39 is 0 Å². The van der Waals surface area contributed by atoms with Crippen molar-refractivity contribution in [3.63, 3.8) is 0 Å². The molecule has 5 nitrogen and oxygen atoms in total. The number of rotatable bonds is 6. The molecule has 124 valence electrons. The molecule has 3 rings (SSSR count). The summed E-state index contributed by atoms with van der Waals surface area (Å²) in [6, 6.07) is 16.0. The van der Waals surface area contributed by atoms with Gasteiger partial charge in [0.05, 0.1) is 13.2 Å². The summed E-state index contributed by atoms with van der Waals surface area (Å²) in [5.41, 5.74) is 1.87. The fraction of sp³-hybridized carbons (Fsp3) is 0.263. The van der Waals surface area contributed by atoms with Gasteiger partial charge in [-0.3, -0.25) is 0 Å². The lowest BCUT2D eigenvalue weighted by atomic mass is 10.0. The fourth-order valence-corrected chi connectivity index (χ4v) is 2.52. The molecular formula is C19H21N3O2. The Morgan fingerprint density at radius 1 is 0.958 bits per heavy atom. The molecule has 0 aliphatic heterocycles. The summed E-state index contributed by atoms with van der Waals surface area (Å²) in [5.74, 6) is 1.59. The van der Waals surface area contributed by atoms with Crippen molar-refractivity contribution in [3.8, 4) is 17.0 Å². The number of hydrogen-bond acceptors (Lipinski definition) is 5. The van der Waals surface area contributed by atoms with Crippen molar-refractivity contribution in [2.45, 2.75) is 13.0 Å². The highest BCUT2D eigenvalue weighted by atomic mass is 16.5. The SMILES string of the molecule is COc1ccc(-c2nnc(NCC(C)OC)c3ccccc23)cc1. The van der Waals surface area contributed by atoms with E-state index in [4.69, 9.17) is 9.47 Å². The van der Waals surface area contributed by atoms with Crippen LogP contribution in [0.1, 0.15) is 6.92 Å². The van der Waals surface area contributed by atoms with Crippen molar-refractivity contribution in [2.75, 3.05) is 26.1 Å². The van der Waals surface area contributed by atoms with Gasteiger partial charge in [-0.1, -0.05) is 24.3 Å². The first-order valence-electron chi connectivity index (χ1n) is 7.89. The van der Waals surface area contributed by atoms with Crippen LogP contribution >= 0.6 is 0 Å². The van der Waals surface area contributed by atoms with Crippen LogP contribution in [0.5, 0.6) is 5.75 Å². The van der Waals surface area contributed by atoms with E-state index in [1.54, 1.807) is 14.2 Å². The van der Waals surface area contributed by atoms with Crippen molar-refractivity contribution >= 4 is 16.6 Å². The van der Waals surface area contributed by atoms with E-state index in [1.807, 2.05) is 43.3 Å². The minimum absolute atomic E-state index is 0.104. The number of nitrogens with one attached hydrogen (secondary N) is 1. The van der Waals surface area contributed by atoms with Crippen LogP contribution in [0, 0.1) is 0 Å². The van der Waals surface area contributed by atoms with Gasteiger partial charge in [0.25, 0.3) is 0 Å². The summed E-state index contributed by atoms with van der Waals surface area (Å²) in [5, 5.41) is 14.2. The second kappa shape index (κ2) is 7.27. The average Bonchev–Trinajstić information content (AvgIpc) is 2.65. The van der Waals surface area contributed by atoms with Crippen LogP contribution in [0.25, 0.3) is 22.0 Å². The highest BCUT2D eigenvalue weighted by molar-refractivity contribution is 6.00. The maximum atomic E-state index is 5.28. The molecule has 24 heavy (non-hydrogen) atoms. The van der Waals surface area contributed by atoms with Crippen molar-refractivity contribution < 1.29 is 9.47 Å². The number of methoxy groups -OCH3 is 2. The molecule has 1 atom stereocenters. The standard InChI is InChI=1S/C19H21N3O2/c1-13(23-2)12-20-19-17-7-5-4-6-16(17)18(21-22-19)14-8-10-15(24-3)11-9-14/h4-11,13H,12H2,1-3H3,(H,20,22). The van der Waals surface area contributed by atoms with Gasteiger partial charge in [-0.2, -0.15) is 0 Å². The molecule has 1 N–H and O–H groups in total. The molecule has 0 fully saturated rings. The topological polar surface area (TPSA) is 56.3 Å². The quantitative estimate of drug-likeness (QED) is 0.748. The van der Waals surface area contributed by atoms with Gasteiger partial charge in [-0.25, -0.2) is 0 Å². The molecule has 0 spiro atoms. The number of benzene rings is 2. The molecule has 0 aliphatic carbocycles. The molecule has 1 unspecified atom stereocenters. The first-order valence-corrected chi connectivity index (χ1v) is 7.89. The van der Waals surface area contributed by atoms with E-state index in [0.29, 0.717) is 6.54 Å². The van der Waals surface area contributed by atoms with Gasteiger partial charge in [0.15, 0.2) is 5.82 Å². The molecular weight excluding hydrogens is 302 g/mol. The van der Waals surface area contributed by atoms with Crippen LogP contribution in [-0.2, 0) is 4.74 Å². The summed E-state index contributed by atoms with van der Waals surface area (Å²) in [6.07, 6.45) is 0.104. The lowest BCUT2D eigenvalue weighted by molar-refractivity contribution is 0.128. The predicted octanol–water partition coefficient (Wildman–Crippen LogP) is 3.75. The van der Waals surface area contributed by atoms with Crippen LogP contribution in [0.2, 0.25) is 0 Å². The van der Waals surface area contributed by atoms with Crippen molar-refractivity contribution in [3.05, 3.63) is 48.5 Å². The zero-order chi connectivity index (χ0) is 16.9. The normalized spacial score (nSPS) is 12.1. The molecule has 3 aromatic rings. The third-order valence-electron chi connectivity index (χ3n) is 4.01. The summed E-state index contributed by atoms with van der Waals surface area (Å²) in [6.45, 7) is 2.69. The Balaban J connectivity index is 2.01. The first-order chi connectivity index (χ1) is 11.7. The summed E-state index contributed by atoms with van der Waals surface area (Å²) >= 11 is 0. The lowest BCUT2D eigenvalue weighted by Gasteiger charge is -2.14. The smallest absolute Gasteiger partial charge is 0.156 e. The molecule has 0 saturated heterocycles. The van der Waals surface area contributed by atoms with E-state index in [-0.39, 0.29) is 6.10 Å². The number of hydrogen-bond donors (Lipinski definition) is 1.